The molecule has 0 bridgehead atoms. The van der Waals surface area contributed by atoms with E-state index in [1.807, 2.05) is 6.07 Å². The number of carbonyl (C=O) groups excluding carboxylic acids is 1. The first-order valence-electron chi connectivity index (χ1n) is 10.2. The summed E-state index contributed by atoms with van der Waals surface area (Å²) < 4.78 is 49.7. The molecule has 0 saturated carbocycles. The van der Waals surface area contributed by atoms with Crippen LogP contribution in [0.2, 0.25) is 0 Å². The summed E-state index contributed by atoms with van der Waals surface area (Å²) >= 11 is 0. The molecule has 1 atom stereocenters. The van der Waals surface area contributed by atoms with Gasteiger partial charge < -0.3 is 24.6 Å². The molecule has 2 N–H and O–H groups in total. The highest BCUT2D eigenvalue weighted by molar-refractivity contribution is 6.03. The van der Waals surface area contributed by atoms with E-state index in [1.165, 1.54) is 19.2 Å². The summed E-state index contributed by atoms with van der Waals surface area (Å²) in [6, 6.07) is 7.25. The van der Waals surface area contributed by atoms with Crippen LogP contribution in [0.5, 0.6) is 5.75 Å². The van der Waals surface area contributed by atoms with E-state index >= 15 is 0 Å². The van der Waals surface area contributed by atoms with Gasteiger partial charge in [-0.05, 0) is 36.2 Å². The average Bonchev–Trinajstić information content (AvgIpc) is 3.07. The molecule has 1 saturated heterocycles. The lowest BCUT2D eigenvalue weighted by Gasteiger charge is -2.30. The van der Waals surface area contributed by atoms with Crippen molar-refractivity contribution in [1.29, 1.82) is 0 Å². The van der Waals surface area contributed by atoms with Crippen LogP contribution in [-0.4, -0.2) is 60.6 Å². The van der Waals surface area contributed by atoms with Crippen LogP contribution in [0.25, 0.3) is 0 Å². The van der Waals surface area contributed by atoms with Gasteiger partial charge in [-0.15, -0.1) is 0 Å². The predicted octanol–water partition coefficient (Wildman–Crippen LogP) is 2.22. The Hall–Kier alpha value is -2.69. The highest BCUT2D eigenvalue weighted by Gasteiger charge is 2.55. The number of hydrogen-bond donors (Lipinski definition) is 2. The molecule has 32 heavy (non-hydrogen) atoms. The van der Waals surface area contributed by atoms with Crippen molar-refractivity contribution in [2.75, 3.05) is 38.3 Å². The molecule has 4 rings (SSSR count). The van der Waals surface area contributed by atoms with E-state index in [0.717, 1.165) is 17.3 Å². The zero-order chi connectivity index (χ0) is 23.1. The average molecular weight is 452 g/mol. The third-order valence-electron chi connectivity index (χ3n) is 5.87. The van der Waals surface area contributed by atoms with Crippen molar-refractivity contribution in [3.63, 3.8) is 0 Å². The number of benzene rings is 1. The lowest BCUT2D eigenvalue weighted by molar-refractivity contribution is -0.360. The SMILES string of the molecule is COc1cc2c(cc1N1CCOCC1)CC(Cc1cccc(C(O)(O)C(F)(F)F)n1)C2=O. The fraction of sp³-hybridized carbons (Fsp3) is 0.455. The number of fused-ring (bicyclic) bond motifs is 1. The second-order valence-electron chi connectivity index (χ2n) is 7.93. The number of morpholine rings is 1. The summed E-state index contributed by atoms with van der Waals surface area (Å²) in [6.07, 6.45) is -4.82. The van der Waals surface area contributed by atoms with Gasteiger partial charge in [0.2, 0.25) is 0 Å². The number of nitrogens with zero attached hydrogens (tertiary/aromatic N) is 2. The number of halogens is 3. The van der Waals surface area contributed by atoms with Gasteiger partial charge in [0, 0.05) is 36.7 Å². The van der Waals surface area contributed by atoms with Gasteiger partial charge in [-0.2, -0.15) is 13.2 Å². The Labute approximate surface area is 182 Å². The number of alkyl halides is 3. The van der Waals surface area contributed by atoms with Gasteiger partial charge in [-0.1, -0.05) is 6.07 Å². The van der Waals surface area contributed by atoms with Gasteiger partial charge in [0.15, 0.2) is 5.78 Å². The summed E-state index contributed by atoms with van der Waals surface area (Å²) in [4.78, 5) is 18.9. The number of ether oxygens (including phenoxy) is 2. The molecule has 172 valence electrons. The smallest absolute Gasteiger partial charge is 0.449 e. The number of methoxy groups -OCH3 is 1. The highest BCUT2D eigenvalue weighted by Crippen LogP contribution is 2.39. The van der Waals surface area contributed by atoms with Crippen LogP contribution < -0.4 is 9.64 Å². The summed E-state index contributed by atoms with van der Waals surface area (Å²) in [5, 5.41) is 19.0. The predicted molar refractivity (Wildman–Crippen MR) is 108 cm³/mol. The number of aliphatic hydroxyl groups is 2. The molecule has 2 aromatic rings. The van der Waals surface area contributed by atoms with Crippen molar-refractivity contribution in [3.05, 3.63) is 52.8 Å². The first-order valence-corrected chi connectivity index (χ1v) is 10.2. The molecule has 1 aromatic carbocycles. The number of pyridine rings is 1. The molecule has 7 nitrogen and oxygen atoms in total. The minimum Gasteiger partial charge on any atom is -0.495 e. The quantitative estimate of drug-likeness (QED) is 0.673. The summed E-state index contributed by atoms with van der Waals surface area (Å²) in [5.74, 6) is -4.15. The molecule has 0 radical (unpaired) electrons. The standard InChI is InChI=1S/C22H23F3N2O5/c1-31-18-12-16-13(11-17(18)27-5-7-32-8-6-27)9-14(20(16)28)10-15-3-2-4-19(26-15)21(29,30)22(23,24)25/h2-4,11-12,14,29-30H,5-10H2,1H3. The normalized spacial score (nSPS) is 19.2. The zero-order valence-corrected chi connectivity index (χ0v) is 17.4. The molecule has 1 aliphatic heterocycles. The number of Topliss-reactive ketones (excluding diaryl/α,β-unsaturated/α-hetero) is 1. The van der Waals surface area contributed by atoms with Crippen LogP contribution >= 0.6 is 0 Å². The third kappa shape index (κ3) is 4.05. The van der Waals surface area contributed by atoms with Gasteiger partial charge >= 0.3 is 12.0 Å². The Morgan fingerprint density at radius 2 is 1.94 bits per heavy atom. The molecular formula is C22H23F3N2O5. The highest BCUT2D eigenvalue weighted by atomic mass is 19.4. The van der Waals surface area contributed by atoms with Crippen LogP contribution in [0, 0.1) is 5.92 Å². The first kappa shape index (κ1) is 22.5. The van der Waals surface area contributed by atoms with Crippen molar-refractivity contribution in [2.24, 2.45) is 5.92 Å². The van der Waals surface area contributed by atoms with E-state index in [0.29, 0.717) is 44.0 Å². The monoisotopic (exact) mass is 452 g/mol. The second kappa shape index (κ2) is 8.34. The van der Waals surface area contributed by atoms with Crippen LogP contribution in [0.1, 0.15) is 27.3 Å². The Bertz CT molecular complexity index is 1020. The van der Waals surface area contributed by atoms with Crippen LogP contribution in [0.3, 0.4) is 0 Å². The Kier molecular flexibility index (Phi) is 5.87. The maximum absolute atomic E-state index is 13.0. The lowest BCUT2D eigenvalue weighted by atomic mass is 9.98. The van der Waals surface area contributed by atoms with Crippen molar-refractivity contribution < 1.29 is 37.7 Å². The second-order valence-corrected chi connectivity index (χ2v) is 7.93. The van der Waals surface area contributed by atoms with Gasteiger partial charge in [0.25, 0.3) is 0 Å². The maximum Gasteiger partial charge on any atom is 0.449 e. The number of anilines is 1. The van der Waals surface area contributed by atoms with Gasteiger partial charge in [-0.3, -0.25) is 9.78 Å². The largest absolute Gasteiger partial charge is 0.495 e. The van der Waals surface area contributed by atoms with Crippen molar-refractivity contribution >= 4 is 11.5 Å². The Balaban J connectivity index is 1.57. The topological polar surface area (TPSA) is 92.1 Å². The molecule has 1 aromatic heterocycles. The number of rotatable bonds is 5. The number of aromatic nitrogens is 1. The van der Waals surface area contributed by atoms with E-state index in [9.17, 15) is 28.2 Å². The molecular weight excluding hydrogens is 429 g/mol. The van der Waals surface area contributed by atoms with Crippen molar-refractivity contribution in [1.82, 2.24) is 4.98 Å². The van der Waals surface area contributed by atoms with E-state index < -0.39 is 23.6 Å². The maximum atomic E-state index is 13.0. The molecule has 10 heteroatoms. The van der Waals surface area contributed by atoms with Crippen LogP contribution in [-0.2, 0) is 23.4 Å². The Morgan fingerprint density at radius 3 is 2.59 bits per heavy atom. The first-order chi connectivity index (χ1) is 15.1. The molecule has 2 heterocycles. The summed E-state index contributed by atoms with van der Waals surface area (Å²) in [5.41, 5.74) is 1.48. The number of hydrogen-bond acceptors (Lipinski definition) is 7. The lowest BCUT2D eigenvalue weighted by Crippen LogP contribution is -2.42. The van der Waals surface area contributed by atoms with Gasteiger partial charge in [0.1, 0.15) is 11.4 Å². The van der Waals surface area contributed by atoms with Crippen LogP contribution in [0.15, 0.2) is 30.3 Å². The Morgan fingerprint density at radius 1 is 1.22 bits per heavy atom. The summed E-state index contributed by atoms with van der Waals surface area (Å²) in [7, 11) is 1.54. The van der Waals surface area contributed by atoms with Crippen LogP contribution in [0.4, 0.5) is 18.9 Å². The van der Waals surface area contributed by atoms with Crippen molar-refractivity contribution in [2.45, 2.75) is 24.8 Å². The van der Waals surface area contributed by atoms with E-state index in [2.05, 4.69) is 9.88 Å². The van der Waals surface area contributed by atoms with E-state index in [1.54, 1.807) is 6.07 Å². The molecule has 0 amide bonds. The van der Waals surface area contributed by atoms with Gasteiger partial charge in [-0.25, -0.2) is 0 Å². The fourth-order valence-corrected chi connectivity index (χ4v) is 4.15. The van der Waals surface area contributed by atoms with E-state index in [-0.39, 0.29) is 17.9 Å². The molecule has 1 fully saturated rings. The zero-order valence-electron chi connectivity index (χ0n) is 17.4. The molecule has 1 unspecified atom stereocenters. The number of ketones is 1. The van der Waals surface area contributed by atoms with Crippen molar-refractivity contribution in [3.8, 4) is 5.75 Å². The van der Waals surface area contributed by atoms with E-state index in [4.69, 9.17) is 9.47 Å². The number of carbonyl (C=O) groups is 1. The third-order valence-corrected chi connectivity index (χ3v) is 5.87. The fourth-order valence-electron chi connectivity index (χ4n) is 4.15. The van der Waals surface area contributed by atoms with Gasteiger partial charge in [0.05, 0.1) is 26.0 Å². The molecule has 1 aliphatic carbocycles. The summed E-state index contributed by atoms with van der Waals surface area (Å²) in [6.45, 7) is 2.59. The minimum absolute atomic E-state index is 0.0739. The molecule has 0 spiro atoms. The molecule has 2 aliphatic rings. The minimum atomic E-state index is -5.30.